The summed E-state index contributed by atoms with van der Waals surface area (Å²) in [5.41, 5.74) is 1.47. The maximum atomic E-state index is 4.69. The average molecular weight is 219 g/mol. The minimum Gasteiger partial charge on any atom is -0.332 e. The number of hydrogen-bond donors (Lipinski definition) is 0. The molecule has 0 aliphatic carbocycles. The molecule has 0 spiro atoms. The van der Waals surface area contributed by atoms with Crippen molar-refractivity contribution in [3.05, 3.63) is 17.7 Å². The Hall–Kier alpha value is -0.830. The highest BCUT2D eigenvalue weighted by molar-refractivity contribution is 5.12. The van der Waals surface area contributed by atoms with Gasteiger partial charge in [-0.1, -0.05) is 0 Å². The third-order valence-corrected chi connectivity index (χ3v) is 4.12. The predicted octanol–water partition coefficient (Wildman–Crippen LogP) is 2.03. The van der Waals surface area contributed by atoms with E-state index < -0.39 is 0 Å². The molecule has 0 N–H and O–H groups in total. The van der Waals surface area contributed by atoms with Crippen molar-refractivity contribution in [2.75, 3.05) is 20.1 Å². The second-order valence-electron chi connectivity index (χ2n) is 5.29. The van der Waals surface area contributed by atoms with Crippen LogP contribution in [-0.2, 0) is 13.0 Å². The largest absolute Gasteiger partial charge is 0.332 e. The fourth-order valence-corrected chi connectivity index (χ4v) is 3.05. The van der Waals surface area contributed by atoms with Gasteiger partial charge in [0, 0.05) is 24.4 Å². The SMILES string of the molecule is CN1CCC(c2ncc3n2CCCC3)CC1. The van der Waals surface area contributed by atoms with Gasteiger partial charge >= 0.3 is 0 Å². The number of piperidine rings is 1. The van der Waals surface area contributed by atoms with E-state index in [9.17, 15) is 0 Å². The van der Waals surface area contributed by atoms with Crippen molar-refractivity contribution >= 4 is 0 Å². The Labute approximate surface area is 97.5 Å². The van der Waals surface area contributed by atoms with Crippen LogP contribution in [0.1, 0.15) is 43.1 Å². The van der Waals surface area contributed by atoms with Gasteiger partial charge in [-0.05, 0) is 52.2 Å². The summed E-state index contributed by atoms with van der Waals surface area (Å²) in [6, 6.07) is 0. The lowest BCUT2D eigenvalue weighted by atomic mass is 9.96. The molecule has 2 aliphatic heterocycles. The van der Waals surface area contributed by atoms with Crippen LogP contribution in [0.4, 0.5) is 0 Å². The van der Waals surface area contributed by atoms with Gasteiger partial charge in [-0.3, -0.25) is 0 Å². The van der Waals surface area contributed by atoms with E-state index in [4.69, 9.17) is 4.98 Å². The van der Waals surface area contributed by atoms with Crippen molar-refractivity contribution in [3.63, 3.8) is 0 Å². The molecule has 1 aromatic heterocycles. The smallest absolute Gasteiger partial charge is 0.112 e. The van der Waals surface area contributed by atoms with Gasteiger partial charge in [-0.15, -0.1) is 0 Å². The van der Waals surface area contributed by atoms with Gasteiger partial charge in [0.2, 0.25) is 0 Å². The standard InChI is InChI=1S/C13H21N3/c1-15-8-5-11(6-9-15)13-14-10-12-4-2-3-7-16(12)13/h10-11H,2-9H2,1H3. The molecule has 3 heterocycles. The van der Waals surface area contributed by atoms with Gasteiger partial charge in [0.15, 0.2) is 0 Å². The van der Waals surface area contributed by atoms with Crippen molar-refractivity contribution in [2.45, 2.75) is 44.6 Å². The van der Waals surface area contributed by atoms with E-state index in [2.05, 4.69) is 22.7 Å². The summed E-state index contributed by atoms with van der Waals surface area (Å²) >= 11 is 0. The number of nitrogens with zero attached hydrogens (tertiary/aromatic N) is 3. The molecule has 0 bridgehead atoms. The Morgan fingerprint density at radius 1 is 1.19 bits per heavy atom. The topological polar surface area (TPSA) is 21.1 Å². The van der Waals surface area contributed by atoms with Crippen LogP contribution in [0.15, 0.2) is 6.20 Å². The number of imidazole rings is 1. The summed E-state index contributed by atoms with van der Waals surface area (Å²) in [6.45, 7) is 3.66. The summed E-state index contributed by atoms with van der Waals surface area (Å²) in [5.74, 6) is 2.09. The molecular formula is C13H21N3. The number of likely N-dealkylation sites (tertiary alicyclic amines) is 1. The zero-order valence-corrected chi connectivity index (χ0v) is 10.2. The zero-order valence-electron chi connectivity index (χ0n) is 10.2. The molecule has 1 fully saturated rings. The second-order valence-corrected chi connectivity index (χ2v) is 5.29. The van der Waals surface area contributed by atoms with E-state index >= 15 is 0 Å². The first-order valence-electron chi connectivity index (χ1n) is 6.57. The molecule has 1 saturated heterocycles. The number of rotatable bonds is 1. The molecule has 0 saturated carbocycles. The first-order valence-corrected chi connectivity index (χ1v) is 6.57. The number of fused-ring (bicyclic) bond motifs is 1. The van der Waals surface area contributed by atoms with Gasteiger partial charge in [-0.25, -0.2) is 4.98 Å². The highest BCUT2D eigenvalue weighted by Crippen LogP contribution is 2.29. The Bertz CT molecular complexity index is 361. The minimum atomic E-state index is 0.711. The number of aryl methyl sites for hydroxylation is 1. The Kier molecular flexibility index (Phi) is 2.72. The zero-order chi connectivity index (χ0) is 11.0. The molecule has 3 nitrogen and oxygen atoms in total. The molecule has 0 amide bonds. The van der Waals surface area contributed by atoms with Crippen LogP contribution in [0.25, 0.3) is 0 Å². The van der Waals surface area contributed by atoms with Crippen LogP contribution in [0.2, 0.25) is 0 Å². The third-order valence-electron chi connectivity index (χ3n) is 4.12. The van der Waals surface area contributed by atoms with E-state index in [1.54, 1.807) is 0 Å². The van der Waals surface area contributed by atoms with Crippen molar-refractivity contribution in [1.29, 1.82) is 0 Å². The molecule has 3 rings (SSSR count). The summed E-state index contributed by atoms with van der Waals surface area (Å²) < 4.78 is 2.50. The summed E-state index contributed by atoms with van der Waals surface area (Å²) in [4.78, 5) is 7.12. The van der Waals surface area contributed by atoms with E-state index in [1.807, 2.05) is 0 Å². The number of hydrogen-bond acceptors (Lipinski definition) is 2. The lowest BCUT2D eigenvalue weighted by Gasteiger charge is -2.29. The van der Waals surface area contributed by atoms with Gasteiger partial charge in [0.05, 0.1) is 0 Å². The predicted molar refractivity (Wildman–Crippen MR) is 64.6 cm³/mol. The molecule has 88 valence electrons. The highest BCUT2D eigenvalue weighted by atomic mass is 15.1. The first kappa shape index (κ1) is 10.3. The second kappa shape index (κ2) is 4.21. The quantitative estimate of drug-likeness (QED) is 0.720. The lowest BCUT2D eigenvalue weighted by molar-refractivity contribution is 0.247. The summed E-state index contributed by atoms with van der Waals surface area (Å²) in [5, 5.41) is 0. The lowest BCUT2D eigenvalue weighted by Crippen LogP contribution is -2.30. The van der Waals surface area contributed by atoms with Gasteiger partial charge in [-0.2, -0.15) is 0 Å². The van der Waals surface area contributed by atoms with Crippen LogP contribution in [0, 0.1) is 0 Å². The van der Waals surface area contributed by atoms with Crippen molar-refractivity contribution in [3.8, 4) is 0 Å². The van der Waals surface area contributed by atoms with E-state index in [1.165, 1.54) is 63.3 Å². The minimum absolute atomic E-state index is 0.711. The van der Waals surface area contributed by atoms with E-state index in [0.29, 0.717) is 5.92 Å². The number of aromatic nitrogens is 2. The summed E-state index contributed by atoms with van der Waals surface area (Å²) in [7, 11) is 2.22. The van der Waals surface area contributed by atoms with Crippen LogP contribution in [0.3, 0.4) is 0 Å². The first-order chi connectivity index (χ1) is 7.84. The van der Waals surface area contributed by atoms with Crippen molar-refractivity contribution in [1.82, 2.24) is 14.5 Å². The van der Waals surface area contributed by atoms with Crippen LogP contribution in [-0.4, -0.2) is 34.6 Å². The summed E-state index contributed by atoms with van der Waals surface area (Å²) in [6.07, 6.45) is 8.61. The molecule has 16 heavy (non-hydrogen) atoms. The van der Waals surface area contributed by atoms with E-state index in [0.717, 1.165) is 0 Å². The molecule has 2 aliphatic rings. The normalized spacial score (nSPS) is 23.3. The van der Waals surface area contributed by atoms with Crippen LogP contribution in [0.5, 0.6) is 0 Å². The molecule has 0 radical (unpaired) electrons. The van der Waals surface area contributed by atoms with Crippen molar-refractivity contribution < 1.29 is 0 Å². The maximum Gasteiger partial charge on any atom is 0.112 e. The fourth-order valence-electron chi connectivity index (χ4n) is 3.05. The van der Waals surface area contributed by atoms with Gasteiger partial charge < -0.3 is 9.47 Å². The molecular weight excluding hydrogens is 198 g/mol. The van der Waals surface area contributed by atoms with Crippen LogP contribution >= 0.6 is 0 Å². The van der Waals surface area contributed by atoms with E-state index in [-0.39, 0.29) is 0 Å². The molecule has 0 atom stereocenters. The molecule has 3 heteroatoms. The van der Waals surface area contributed by atoms with Gasteiger partial charge in [0.25, 0.3) is 0 Å². The molecule has 1 aromatic rings. The van der Waals surface area contributed by atoms with Gasteiger partial charge in [0.1, 0.15) is 5.82 Å². The fraction of sp³-hybridized carbons (Fsp3) is 0.769. The Morgan fingerprint density at radius 2 is 2.00 bits per heavy atom. The highest BCUT2D eigenvalue weighted by Gasteiger charge is 2.24. The average Bonchev–Trinajstić information content (AvgIpc) is 2.74. The maximum absolute atomic E-state index is 4.69. The third kappa shape index (κ3) is 1.77. The Morgan fingerprint density at radius 3 is 2.81 bits per heavy atom. The molecule has 0 aromatic carbocycles. The van der Waals surface area contributed by atoms with Crippen LogP contribution < -0.4 is 0 Å². The van der Waals surface area contributed by atoms with Crippen molar-refractivity contribution in [2.24, 2.45) is 0 Å². The monoisotopic (exact) mass is 219 g/mol. The Balaban J connectivity index is 1.81. The molecule has 0 unspecified atom stereocenters.